The molecule has 1 aliphatic heterocycles. The normalized spacial score (nSPS) is 12.9. The first-order valence-electron chi connectivity index (χ1n) is 9.53. The van der Waals surface area contributed by atoms with E-state index >= 15 is 0 Å². The van der Waals surface area contributed by atoms with Crippen LogP contribution in [0.15, 0.2) is 61.3 Å². The summed E-state index contributed by atoms with van der Waals surface area (Å²) in [6.07, 6.45) is 5.40. The average molecular weight is 386 g/mol. The fourth-order valence-electron chi connectivity index (χ4n) is 3.88. The van der Waals surface area contributed by atoms with Crippen LogP contribution in [0.3, 0.4) is 0 Å². The van der Waals surface area contributed by atoms with E-state index in [2.05, 4.69) is 27.6 Å². The van der Waals surface area contributed by atoms with Gasteiger partial charge in [0.1, 0.15) is 11.6 Å². The number of aryl methyl sites for hydroxylation is 2. The largest absolute Gasteiger partial charge is 0.354 e. The Labute approximate surface area is 166 Å². The van der Waals surface area contributed by atoms with Crippen LogP contribution < -0.4 is 5.32 Å². The van der Waals surface area contributed by atoms with E-state index in [0.717, 1.165) is 58.6 Å². The summed E-state index contributed by atoms with van der Waals surface area (Å²) in [6, 6.07) is 12.2. The third-order valence-corrected chi connectivity index (χ3v) is 5.27. The summed E-state index contributed by atoms with van der Waals surface area (Å²) in [5.74, 6) is 0.545. The predicted molar refractivity (Wildman–Crippen MR) is 112 cm³/mol. The molecule has 0 bridgehead atoms. The van der Waals surface area contributed by atoms with Crippen molar-refractivity contribution in [1.82, 2.24) is 14.5 Å². The van der Waals surface area contributed by atoms with Crippen molar-refractivity contribution < 1.29 is 9.18 Å². The molecule has 0 radical (unpaired) electrons. The first kappa shape index (κ1) is 17.4. The maximum atomic E-state index is 13.3. The van der Waals surface area contributed by atoms with Crippen LogP contribution in [0.2, 0.25) is 0 Å². The minimum absolute atomic E-state index is 0.267. The van der Waals surface area contributed by atoms with Gasteiger partial charge < -0.3 is 14.9 Å². The molecule has 0 aliphatic carbocycles. The van der Waals surface area contributed by atoms with E-state index in [9.17, 15) is 9.18 Å². The molecule has 0 unspecified atom stereocenters. The van der Waals surface area contributed by atoms with Crippen molar-refractivity contribution in [2.24, 2.45) is 0 Å². The number of carbonyl (C=O) groups is 1. The van der Waals surface area contributed by atoms with Crippen LogP contribution >= 0.6 is 0 Å². The number of carbonyl (C=O) groups excluding carboxylic acids is 1. The lowest BCUT2D eigenvalue weighted by Crippen LogP contribution is -2.07. The number of hydrogen-bond donors (Lipinski definition) is 2. The lowest BCUT2D eigenvalue weighted by Gasteiger charge is -2.07. The molecular formula is C23H19FN4O. The molecule has 2 N–H and O–H groups in total. The number of anilines is 1. The molecule has 1 amide bonds. The number of amides is 1. The second-order valence-corrected chi connectivity index (χ2v) is 7.21. The maximum absolute atomic E-state index is 13.3. The number of benzene rings is 2. The molecule has 0 atom stereocenters. The molecule has 0 saturated heterocycles. The van der Waals surface area contributed by atoms with Gasteiger partial charge in [0.2, 0.25) is 5.91 Å². The molecule has 6 heteroatoms. The van der Waals surface area contributed by atoms with Gasteiger partial charge in [-0.1, -0.05) is 6.58 Å². The average Bonchev–Trinajstić information content (AvgIpc) is 3.42. The smallest absolute Gasteiger partial charge is 0.247 e. The standard InChI is InChI=1S/C23H19FN4O/c1-2-22(29)25-17-10-15-11-19(14-5-7-16(24)8-6-14)27-23(15)18(12-17)20-13-28-9-3-4-21(28)26-20/h2,5-8,10-13,27H,1,3-4,9H2,(H,25,29). The van der Waals surface area contributed by atoms with Gasteiger partial charge in [-0.15, -0.1) is 0 Å². The summed E-state index contributed by atoms with van der Waals surface area (Å²) in [6.45, 7) is 4.50. The summed E-state index contributed by atoms with van der Waals surface area (Å²) >= 11 is 0. The highest BCUT2D eigenvalue weighted by atomic mass is 19.1. The molecule has 3 heterocycles. The van der Waals surface area contributed by atoms with Gasteiger partial charge in [-0.3, -0.25) is 4.79 Å². The Kier molecular flexibility index (Phi) is 4.05. The van der Waals surface area contributed by atoms with Gasteiger partial charge in [0.05, 0.1) is 11.2 Å². The van der Waals surface area contributed by atoms with Crippen LogP contribution in [0, 0.1) is 5.82 Å². The van der Waals surface area contributed by atoms with Crippen molar-refractivity contribution in [2.45, 2.75) is 19.4 Å². The Morgan fingerprint density at radius 2 is 2.07 bits per heavy atom. The quantitative estimate of drug-likeness (QED) is 0.490. The van der Waals surface area contributed by atoms with E-state index in [1.807, 2.05) is 18.2 Å². The number of rotatable bonds is 4. The summed E-state index contributed by atoms with van der Waals surface area (Å²) < 4.78 is 15.5. The molecule has 4 aromatic rings. The summed E-state index contributed by atoms with van der Waals surface area (Å²) in [5.41, 5.74) is 5.15. The highest BCUT2D eigenvalue weighted by molar-refractivity contribution is 6.04. The number of H-pyrrole nitrogens is 1. The van der Waals surface area contributed by atoms with E-state index in [4.69, 9.17) is 4.98 Å². The van der Waals surface area contributed by atoms with Crippen molar-refractivity contribution in [2.75, 3.05) is 5.32 Å². The second kappa shape index (κ2) is 6.74. The van der Waals surface area contributed by atoms with Crippen molar-refractivity contribution >= 4 is 22.5 Å². The first-order chi connectivity index (χ1) is 14.1. The second-order valence-electron chi connectivity index (χ2n) is 7.21. The molecule has 0 saturated carbocycles. The molecule has 5 nitrogen and oxygen atoms in total. The van der Waals surface area contributed by atoms with Gasteiger partial charge >= 0.3 is 0 Å². The summed E-state index contributed by atoms with van der Waals surface area (Å²) in [4.78, 5) is 20.1. The Morgan fingerprint density at radius 3 is 2.83 bits per heavy atom. The molecule has 2 aromatic heterocycles. The summed E-state index contributed by atoms with van der Waals surface area (Å²) in [7, 11) is 0. The lowest BCUT2D eigenvalue weighted by atomic mass is 10.1. The van der Waals surface area contributed by atoms with E-state index in [1.54, 1.807) is 12.1 Å². The fourth-order valence-corrected chi connectivity index (χ4v) is 3.88. The van der Waals surface area contributed by atoms with Gasteiger partial charge in [0.25, 0.3) is 0 Å². The van der Waals surface area contributed by atoms with Crippen LogP contribution in [-0.2, 0) is 17.8 Å². The third kappa shape index (κ3) is 3.12. The molecule has 144 valence electrons. The van der Waals surface area contributed by atoms with Crippen molar-refractivity contribution in [3.05, 3.63) is 73.0 Å². The number of nitrogens with zero attached hydrogens (tertiary/aromatic N) is 2. The molecule has 2 aromatic carbocycles. The fraction of sp³-hybridized carbons (Fsp3) is 0.130. The van der Waals surface area contributed by atoms with E-state index in [0.29, 0.717) is 5.69 Å². The van der Waals surface area contributed by atoms with Crippen molar-refractivity contribution in [1.29, 1.82) is 0 Å². The first-order valence-corrected chi connectivity index (χ1v) is 9.53. The van der Waals surface area contributed by atoms with Crippen LogP contribution in [-0.4, -0.2) is 20.4 Å². The Bertz CT molecular complexity index is 1230. The van der Waals surface area contributed by atoms with Crippen LogP contribution in [0.1, 0.15) is 12.2 Å². The number of nitrogens with one attached hydrogen (secondary N) is 2. The summed E-state index contributed by atoms with van der Waals surface area (Å²) in [5, 5.41) is 3.78. The van der Waals surface area contributed by atoms with Gasteiger partial charge in [0, 0.05) is 41.5 Å². The predicted octanol–water partition coefficient (Wildman–Crippen LogP) is 4.91. The maximum Gasteiger partial charge on any atom is 0.247 e. The zero-order valence-electron chi connectivity index (χ0n) is 15.7. The van der Waals surface area contributed by atoms with Gasteiger partial charge in [-0.25, -0.2) is 9.37 Å². The van der Waals surface area contributed by atoms with Gasteiger partial charge in [-0.05, 0) is 60.5 Å². The van der Waals surface area contributed by atoms with Crippen molar-refractivity contribution in [3.63, 3.8) is 0 Å². The molecule has 0 spiro atoms. The van der Waals surface area contributed by atoms with E-state index < -0.39 is 0 Å². The topological polar surface area (TPSA) is 62.7 Å². The minimum Gasteiger partial charge on any atom is -0.354 e. The Hall–Kier alpha value is -3.67. The van der Waals surface area contributed by atoms with Crippen molar-refractivity contribution in [3.8, 4) is 22.5 Å². The van der Waals surface area contributed by atoms with Crippen LogP contribution in [0.25, 0.3) is 33.4 Å². The number of aromatic amines is 1. The molecule has 1 aliphatic rings. The Balaban J connectivity index is 1.68. The van der Waals surface area contributed by atoms with Crippen LogP contribution in [0.5, 0.6) is 0 Å². The molecule has 29 heavy (non-hydrogen) atoms. The molecule has 0 fully saturated rings. The number of imidazole rings is 1. The zero-order valence-corrected chi connectivity index (χ0v) is 15.7. The highest BCUT2D eigenvalue weighted by Crippen LogP contribution is 2.35. The van der Waals surface area contributed by atoms with Gasteiger partial charge in [-0.2, -0.15) is 0 Å². The van der Waals surface area contributed by atoms with Gasteiger partial charge in [0.15, 0.2) is 0 Å². The molecular weight excluding hydrogens is 367 g/mol. The number of aromatic nitrogens is 3. The zero-order chi connectivity index (χ0) is 20.0. The Morgan fingerprint density at radius 1 is 1.24 bits per heavy atom. The SMILES string of the molecule is C=CC(=O)Nc1cc(-c2cn3c(n2)CCC3)c2[nH]c(-c3ccc(F)cc3)cc2c1. The molecule has 5 rings (SSSR count). The van der Waals surface area contributed by atoms with E-state index in [-0.39, 0.29) is 11.7 Å². The van der Waals surface area contributed by atoms with Crippen LogP contribution in [0.4, 0.5) is 10.1 Å². The number of halogens is 1. The lowest BCUT2D eigenvalue weighted by molar-refractivity contribution is -0.111. The number of fused-ring (bicyclic) bond motifs is 2. The number of hydrogen-bond acceptors (Lipinski definition) is 2. The van der Waals surface area contributed by atoms with E-state index in [1.165, 1.54) is 18.2 Å². The highest BCUT2D eigenvalue weighted by Gasteiger charge is 2.18. The monoisotopic (exact) mass is 386 g/mol. The minimum atomic E-state index is -0.271. The third-order valence-electron chi connectivity index (χ3n) is 5.27.